The van der Waals surface area contributed by atoms with Crippen molar-refractivity contribution in [2.75, 3.05) is 20.0 Å². The Kier molecular flexibility index (Phi) is 5.39. The van der Waals surface area contributed by atoms with Gasteiger partial charge in [-0.1, -0.05) is 18.7 Å². The fraction of sp³-hybridized carbons (Fsp3) is 0.353. The number of hydrogen-bond acceptors (Lipinski definition) is 7. The zero-order chi connectivity index (χ0) is 18.0. The summed E-state index contributed by atoms with van der Waals surface area (Å²) in [5, 5.41) is 0.814. The van der Waals surface area contributed by atoms with Gasteiger partial charge in [-0.05, 0) is 24.3 Å². The van der Waals surface area contributed by atoms with Gasteiger partial charge in [0.15, 0.2) is 5.16 Å². The Hall–Kier alpha value is -1.93. The number of ether oxygens (including phenoxy) is 2. The van der Waals surface area contributed by atoms with Crippen molar-refractivity contribution < 1.29 is 14.3 Å². The lowest BCUT2D eigenvalue weighted by Gasteiger charge is -2.13. The van der Waals surface area contributed by atoms with E-state index >= 15 is 0 Å². The summed E-state index contributed by atoms with van der Waals surface area (Å²) in [6, 6.07) is 7.19. The molecular weight excluding hydrogens is 360 g/mol. The molecule has 0 N–H and O–H groups in total. The maximum Gasteiger partial charge on any atom is 0.316 e. The van der Waals surface area contributed by atoms with E-state index in [4.69, 9.17) is 9.47 Å². The molecule has 0 amide bonds. The second-order valence-corrected chi connectivity index (χ2v) is 7.90. The van der Waals surface area contributed by atoms with Crippen molar-refractivity contribution in [3.05, 3.63) is 40.3 Å². The summed E-state index contributed by atoms with van der Waals surface area (Å²) in [6.45, 7) is 2.07. The topological polar surface area (TPSA) is 70.4 Å². The zero-order valence-corrected chi connectivity index (χ0v) is 15.8. The second-order valence-electron chi connectivity index (χ2n) is 5.51. The molecule has 0 saturated carbocycles. The maximum absolute atomic E-state index is 13.0. The number of esters is 1. The summed E-state index contributed by atoms with van der Waals surface area (Å²) < 4.78 is 11.4. The van der Waals surface area contributed by atoms with E-state index in [1.807, 2.05) is 0 Å². The number of thioether (sulfide) groups is 2. The van der Waals surface area contributed by atoms with Gasteiger partial charge in [-0.3, -0.25) is 14.2 Å². The molecular formula is C17H18N2O4S2. The normalized spacial score (nSPS) is 15.7. The Labute approximate surface area is 153 Å². The first-order valence-electron chi connectivity index (χ1n) is 7.70. The summed E-state index contributed by atoms with van der Waals surface area (Å²) in [6.07, 6.45) is 0.754. The van der Waals surface area contributed by atoms with Crippen molar-refractivity contribution in [2.45, 2.75) is 28.6 Å². The van der Waals surface area contributed by atoms with Crippen LogP contribution < -0.4 is 10.3 Å². The van der Waals surface area contributed by atoms with Crippen molar-refractivity contribution >= 4 is 29.5 Å². The maximum atomic E-state index is 13.0. The predicted molar refractivity (Wildman–Crippen MR) is 98.1 cm³/mol. The van der Waals surface area contributed by atoms with Crippen molar-refractivity contribution in [2.24, 2.45) is 0 Å². The van der Waals surface area contributed by atoms with E-state index in [1.165, 1.54) is 18.9 Å². The number of methoxy groups -OCH3 is 2. The highest BCUT2D eigenvalue weighted by atomic mass is 32.2. The van der Waals surface area contributed by atoms with Crippen LogP contribution in [0.4, 0.5) is 0 Å². The van der Waals surface area contributed by atoms with E-state index in [1.54, 1.807) is 47.7 Å². The molecule has 0 bridgehead atoms. The number of benzene rings is 1. The summed E-state index contributed by atoms with van der Waals surface area (Å²) >= 11 is 2.75. The molecule has 1 unspecified atom stereocenters. The number of carbonyl (C=O) groups is 1. The Morgan fingerprint density at radius 1 is 1.36 bits per heavy atom. The average molecular weight is 378 g/mol. The third kappa shape index (κ3) is 3.69. The van der Waals surface area contributed by atoms with E-state index in [0.29, 0.717) is 26.7 Å². The minimum absolute atomic E-state index is 0.0978. The van der Waals surface area contributed by atoms with E-state index < -0.39 is 0 Å². The van der Waals surface area contributed by atoms with Gasteiger partial charge < -0.3 is 9.47 Å². The molecule has 0 radical (unpaired) electrons. The first-order valence-corrected chi connectivity index (χ1v) is 9.56. The third-order valence-electron chi connectivity index (χ3n) is 3.76. The lowest BCUT2D eigenvalue weighted by molar-refractivity contribution is -0.137. The fourth-order valence-electron chi connectivity index (χ4n) is 2.54. The Balaban J connectivity index is 2.08. The highest BCUT2D eigenvalue weighted by molar-refractivity contribution is 8.00. The summed E-state index contributed by atoms with van der Waals surface area (Å²) in [4.78, 5) is 29.9. The van der Waals surface area contributed by atoms with Crippen molar-refractivity contribution in [3.8, 4) is 11.4 Å². The van der Waals surface area contributed by atoms with Gasteiger partial charge in [0.05, 0.1) is 36.2 Å². The Morgan fingerprint density at radius 2 is 2.08 bits per heavy atom. The van der Waals surface area contributed by atoms with Crippen LogP contribution >= 0.6 is 23.5 Å². The van der Waals surface area contributed by atoms with Gasteiger partial charge in [0.2, 0.25) is 0 Å². The van der Waals surface area contributed by atoms with Gasteiger partial charge in [-0.2, -0.15) is 0 Å². The van der Waals surface area contributed by atoms with Crippen LogP contribution in [-0.2, 0) is 16.0 Å². The van der Waals surface area contributed by atoms with Gasteiger partial charge in [0, 0.05) is 11.7 Å². The number of nitrogens with zero attached hydrogens (tertiary/aromatic N) is 2. The minimum atomic E-state index is -0.358. The van der Waals surface area contributed by atoms with Crippen LogP contribution in [0.15, 0.2) is 39.1 Å². The van der Waals surface area contributed by atoms with Crippen molar-refractivity contribution in [1.29, 1.82) is 0 Å². The molecule has 0 saturated heterocycles. The van der Waals surface area contributed by atoms with Crippen LogP contribution in [0.2, 0.25) is 0 Å². The molecule has 8 heteroatoms. The molecule has 2 heterocycles. The predicted octanol–water partition coefficient (Wildman–Crippen LogP) is 2.54. The number of hydrogen-bond donors (Lipinski definition) is 0. The highest BCUT2D eigenvalue weighted by Gasteiger charge is 2.27. The second kappa shape index (κ2) is 7.53. The van der Waals surface area contributed by atoms with Gasteiger partial charge in [0.1, 0.15) is 5.75 Å². The lowest BCUT2D eigenvalue weighted by atomic mass is 10.2. The van der Waals surface area contributed by atoms with Crippen LogP contribution in [0.3, 0.4) is 0 Å². The highest BCUT2D eigenvalue weighted by Crippen LogP contribution is 2.35. The van der Waals surface area contributed by atoms with Crippen molar-refractivity contribution in [3.63, 3.8) is 0 Å². The van der Waals surface area contributed by atoms with Crippen LogP contribution in [0.1, 0.15) is 12.6 Å². The van der Waals surface area contributed by atoms with Crippen LogP contribution in [0.5, 0.6) is 5.75 Å². The minimum Gasteiger partial charge on any atom is -0.497 e. The van der Waals surface area contributed by atoms with Crippen molar-refractivity contribution in [1.82, 2.24) is 9.55 Å². The first kappa shape index (κ1) is 17.9. The van der Waals surface area contributed by atoms with E-state index in [0.717, 1.165) is 12.1 Å². The van der Waals surface area contributed by atoms with Gasteiger partial charge in [-0.25, -0.2) is 4.98 Å². The molecule has 2 aromatic rings. The standard InChI is InChI=1S/C17H18N2O4S2/c1-10-8-13-15(25-10)16(21)19(11-4-6-12(22-2)7-5-11)17(18-13)24-9-14(20)23-3/h4-7,10H,8-9H2,1-3H3. The first-order chi connectivity index (χ1) is 12.0. The summed E-state index contributed by atoms with van der Waals surface area (Å²) in [5.41, 5.74) is 1.39. The Morgan fingerprint density at radius 3 is 2.72 bits per heavy atom. The van der Waals surface area contributed by atoms with E-state index in [9.17, 15) is 9.59 Å². The number of aromatic nitrogens is 2. The SMILES string of the molecule is COC(=O)CSc1nc2c(c(=O)n1-c1ccc(OC)cc1)SC(C)C2. The Bertz CT molecular complexity index is 849. The number of carbonyl (C=O) groups excluding carboxylic acids is 1. The lowest BCUT2D eigenvalue weighted by Crippen LogP contribution is -2.24. The quantitative estimate of drug-likeness (QED) is 0.450. The molecule has 0 spiro atoms. The van der Waals surface area contributed by atoms with E-state index in [-0.39, 0.29) is 17.3 Å². The molecule has 1 aromatic heterocycles. The molecule has 0 aliphatic carbocycles. The number of rotatable bonds is 5. The van der Waals surface area contributed by atoms with Gasteiger partial charge in [-0.15, -0.1) is 11.8 Å². The van der Waals surface area contributed by atoms with Gasteiger partial charge >= 0.3 is 5.97 Å². The molecule has 0 fully saturated rings. The van der Waals surface area contributed by atoms with Crippen LogP contribution in [0, 0.1) is 0 Å². The zero-order valence-electron chi connectivity index (χ0n) is 14.1. The molecule has 1 aliphatic rings. The molecule has 1 aliphatic heterocycles. The monoisotopic (exact) mass is 378 g/mol. The molecule has 1 atom stereocenters. The molecule has 6 nitrogen and oxygen atoms in total. The molecule has 1 aromatic carbocycles. The molecule has 3 rings (SSSR count). The molecule has 132 valence electrons. The largest absolute Gasteiger partial charge is 0.497 e. The average Bonchev–Trinajstić information content (AvgIpc) is 3.00. The summed E-state index contributed by atoms with van der Waals surface area (Å²) in [7, 11) is 2.93. The van der Waals surface area contributed by atoms with Gasteiger partial charge in [0.25, 0.3) is 5.56 Å². The summed E-state index contributed by atoms with van der Waals surface area (Å²) in [5.74, 6) is 0.446. The molecule has 25 heavy (non-hydrogen) atoms. The smallest absolute Gasteiger partial charge is 0.316 e. The van der Waals surface area contributed by atoms with Crippen LogP contribution in [0.25, 0.3) is 5.69 Å². The fourth-order valence-corrected chi connectivity index (χ4v) is 4.50. The number of fused-ring (bicyclic) bond motifs is 1. The van der Waals surface area contributed by atoms with E-state index in [2.05, 4.69) is 11.9 Å². The third-order valence-corrected chi connectivity index (χ3v) is 5.89. The van der Waals surface area contributed by atoms with Crippen LogP contribution in [-0.4, -0.2) is 40.7 Å².